The quantitative estimate of drug-likeness (QED) is 0.844. The molecule has 100 valence electrons. The van der Waals surface area contributed by atoms with Crippen molar-refractivity contribution in [3.8, 4) is 0 Å². The molecular weight excluding hydrogens is 236 g/mol. The Morgan fingerprint density at radius 2 is 2.00 bits per heavy atom. The Morgan fingerprint density at radius 3 is 2.79 bits per heavy atom. The molecule has 0 spiro atoms. The lowest BCUT2D eigenvalue weighted by molar-refractivity contribution is 0.123. The first kappa shape index (κ1) is 12.4. The van der Waals surface area contributed by atoms with Crippen LogP contribution in [0.3, 0.4) is 0 Å². The molecule has 3 heteroatoms. The van der Waals surface area contributed by atoms with Gasteiger partial charge in [0.1, 0.15) is 0 Å². The number of hydrogen-bond donors (Lipinski definition) is 0. The summed E-state index contributed by atoms with van der Waals surface area (Å²) in [6, 6.07) is 8.43. The minimum Gasteiger partial charge on any atom is -0.378 e. The van der Waals surface area contributed by atoms with E-state index in [4.69, 9.17) is 4.74 Å². The van der Waals surface area contributed by atoms with Crippen molar-refractivity contribution in [3.63, 3.8) is 0 Å². The van der Waals surface area contributed by atoms with Crippen LogP contribution in [0.4, 0.5) is 5.69 Å². The molecule has 1 aliphatic heterocycles. The molecule has 2 heterocycles. The number of ether oxygens (including phenoxy) is 1. The van der Waals surface area contributed by atoms with Gasteiger partial charge < -0.3 is 9.64 Å². The van der Waals surface area contributed by atoms with Crippen LogP contribution in [0.2, 0.25) is 0 Å². The van der Waals surface area contributed by atoms with Crippen molar-refractivity contribution in [2.75, 3.05) is 31.2 Å². The number of pyridine rings is 1. The van der Waals surface area contributed by atoms with Crippen molar-refractivity contribution < 1.29 is 4.74 Å². The first-order valence-corrected chi connectivity index (χ1v) is 7.09. The van der Waals surface area contributed by atoms with E-state index in [1.807, 2.05) is 0 Å². The molecule has 0 amide bonds. The van der Waals surface area contributed by atoms with E-state index in [0.717, 1.165) is 44.7 Å². The predicted octanol–water partition coefficient (Wildman–Crippen LogP) is 3.02. The number of aryl methyl sites for hydroxylation is 1. The van der Waals surface area contributed by atoms with E-state index in [9.17, 15) is 0 Å². The van der Waals surface area contributed by atoms with Crippen LogP contribution in [0.1, 0.15) is 18.9 Å². The molecule has 3 nitrogen and oxygen atoms in total. The third kappa shape index (κ3) is 2.43. The molecule has 0 N–H and O–H groups in total. The lowest BCUT2D eigenvalue weighted by Crippen LogP contribution is -2.37. The van der Waals surface area contributed by atoms with E-state index in [0.29, 0.717) is 0 Å². The topological polar surface area (TPSA) is 25.4 Å². The summed E-state index contributed by atoms with van der Waals surface area (Å²) in [6.45, 7) is 5.82. The molecule has 19 heavy (non-hydrogen) atoms. The number of fused-ring (bicyclic) bond motifs is 1. The van der Waals surface area contributed by atoms with E-state index in [1.165, 1.54) is 16.6 Å². The SMILES string of the molecule is CCCc1cnc2ccccc2c1N1CCOCC1. The third-order valence-corrected chi connectivity index (χ3v) is 3.67. The second-order valence-electron chi connectivity index (χ2n) is 5.00. The monoisotopic (exact) mass is 256 g/mol. The van der Waals surface area contributed by atoms with Gasteiger partial charge in [0.2, 0.25) is 0 Å². The fourth-order valence-corrected chi connectivity index (χ4v) is 2.78. The van der Waals surface area contributed by atoms with E-state index in [2.05, 4.69) is 47.3 Å². The average Bonchev–Trinajstić information content (AvgIpc) is 2.48. The zero-order chi connectivity index (χ0) is 13.1. The Kier molecular flexibility index (Phi) is 3.65. The predicted molar refractivity (Wildman–Crippen MR) is 78.8 cm³/mol. The van der Waals surface area contributed by atoms with Crippen molar-refractivity contribution in [2.24, 2.45) is 0 Å². The van der Waals surface area contributed by atoms with Crippen LogP contribution in [0.25, 0.3) is 10.9 Å². The summed E-state index contributed by atoms with van der Waals surface area (Å²) in [5.41, 5.74) is 3.82. The van der Waals surface area contributed by atoms with Gasteiger partial charge in [-0.3, -0.25) is 4.98 Å². The molecule has 0 bridgehead atoms. The number of para-hydroxylation sites is 1. The highest BCUT2D eigenvalue weighted by atomic mass is 16.5. The summed E-state index contributed by atoms with van der Waals surface area (Å²) in [7, 11) is 0. The van der Waals surface area contributed by atoms with Crippen molar-refractivity contribution in [1.29, 1.82) is 0 Å². The standard InChI is InChI=1S/C16H20N2O/c1-2-5-13-12-17-15-7-4-3-6-14(15)16(13)18-8-10-19-11-9-18/h3-4,6-7,12H,2,5,8-11H2,1H3. The van der Waals surface area contributed by atoms with Gasteiger partial charge in [0.15, 0.2) is 0 Å². The van der Waals surface area contributed by atoms with Gasteiger partial charge in [0, 0.05) is 24.7 Å². The van der Waals surface area contributed by atoms with Gasteiger partial charge in [-0.05, 0) is 18.1 Å². The second-order valence-corrected chi connectivity index (χ2v) is 5.00. The Bertz CT molecular complexity index is 562. The molecule has 0 unspecified atom stereocenters. The van der Waals surface area contributed by atoms with Gasteiger partial charge in [0.25, 0.3) is 0 Å². The highest BCUT2D eigenvalue weighted by Crippen LogP contribution is 2.30. The van der Waals surface area contributed by atoms with Gasteiger partial charge in [-0.2, -0.15) is 0 Å². The molecule has 0 saturated carbocycles. The summed E-state index contributed by atoms with van der Waals surface area (Å²) in [5, 5.41) is 1.27. The maximum absolute atomic E-state index is 5.48. The Hall–Kier alpha value is -1.61. The summed E-state index contributed by atoms with van der Waals surface area (Å²) in [4.78, 5) is 7.05. The van der Waals surface area contributed by atoms with Gasteiger partial charge >= 0.3 is 0 Å². The van der Waals surface area contributed by atoms with Crippen LogP contribution < -0.4 is 4.90 Å². The molecule has 1 aromatic carbocycles. The van der Waals surface area contributed by atoms with Crippen LogP contribution in [-0.2, 0) is 11.2 Å². The smallest absolute Gasteiger partial charge is 0.0723 e. The molecule has 1 aliphatic rings. The van der Waals surface area contributed by atoms with Gasteiger partial charge in [-0.15, -0.1) is 0 Å². The zero-order valence-corrected chi connectivity index (χ0v) is 11.4. The van der Waals surface area contributed by atoms with Crippen LogP contribution in [0.15, 0.2) is 30.5 Å². The van der Waals surface area contributed by atoms with Crippen LogP contribution in [0.5, 0.6) is 0 Å². The maximum Gasteiger partial charge on any atom is 0.0723 e. The minimum atomic E-state index is 0.822. The molecule has 0 aliphatic carbocycles. The molecule has 0 radical (unpaired) electrons. The second kappa shape index (κ2) is 5.57. The van der Waals surface area contributed by atoms with E-state index in [-0.39, 0.29) is 0 Å². The lowest BCUT2D eigenvalue weighted by Gasteiger charge is -2.31. The van der Waals surface area contributed by atoms with Crippen LogP contribution in [0, 0.1) is 0 Å². The van der Waals surface area contributed by atoms with Gasteiger partial charge in [0.05, 0.1) is 24.4 Å². The Morgan fingerprint density at radius 1 is 1.21 bits per heavy atom. The number of nitrogens with zero attached hydrogens (tertiary/aromatic N) is 2. The summed E-state index contributed by atoms with van der Waals surface area (Å²) >= 11 is 0. The van der Waals surface area contributed by atoms with Crippen LogP contribution >= 0.6 is 0 Å². The normalized spacial score (nSPS) is 15.9. The largest absolute Gasteiger partial charge is 0.378 e. The highest BCUT2D eigenvalue weighted by Gasteiger charge is 2.17. The van der Waals surface area contributed by atoms with Crippen molar-refractivity contribution in [3.05, 3.63) is 36.0 Å². The highest BCUT2D eigenvalue weighted by molar-refractivity contribution is 5.93. The molecule has 2 aromatic rings. The first-order valence-electron chi connectivity index (χ1n) is 7.09. The van der Waals surface area contributed by atoms with Crippen molar-refractivity contribution in [2.45, 2.75) is 19.8 Å². The third-order valence-electron chi connectivity index (χ3n) is 3.67. The molecule has 1 aromatic heterocycles. The maximum atomic E-state index is 5.48. The summed E-state index contributed by atoms with van der Waals surface area (Å²) in [5.74, 6) is 0. The van der Waals surface area contributed by atoms with E-state index in [1.54, 1.807) is 0 Å². The molecule has 0 atom stereocenters. The average molecular weight is 256 g/mol. The Labute approximate surface area is 114 Å². The molecule has 1 fully saturated rings. The van der Waals surface area contributed by atoms with Gasteiger partial charge in [-0.1, -0.05) is 31.5 Å². The van der Waals surface area contributed by atoms with Crippen molar-refractivity contribution in [1.82, 2.24) is 4.98 Å². The summed E-state index contributed by atoms with van der Waals surface area (Å²) < 4.78 is 5.48. The molecule has 1 saturated heterocycles. The zero-order valence-electron chi connectivity index (χ0n) is 11.4. The van der Waals surface area contributed by atoms with E-state index >= 15 is 0 Å². The molecular formula is C16H20N2O. The Balaban J connectivity index is 2.13. The fraction of sp³-hybridized carbons (Fsp3) is 0.438. The van der Waals surface area contributed by atoms with E-state index < -0.39 is 0 Å². The first-order chi connectivity index (χ1) is 9.40. The number of benzene rings is 1. The number of morpholine rings is 1. The van der Waals surface area contributed by atoms with Crippen molar-refractivity contribution >= 4 is 16.6 Å². The number of aromatic nitrogens is 1. The molecule has 3 rings (SSSR count). The lowest BCUT2D eigenvalue weighted by atomic mass is 10.0. The van der Waals surface area contributed by atoms with Crippen LogP contribution in [-0.4, -0.2) is 31.3 Å². The fourth-order valence-electron chi connectivity index (χ4n) is 2.78. The summed E-state index contributed by atoms with van der Waals surface area (Å²) in [6.07, 6.45) is 4.29. The number of anilines is 1. The number of hydrogen-bond acceptors (Lipinski definition) is 3. The number of rotatable bonds is 3. The minimum absolute atomic E-state index is 0.822. The van der Waals surface area contributed by atoms with Gasteiger partial charge in [-0.25, -0.2) is 0 Å².